The van der Waals surface area contributed by atoms with Gasteiger partial charge < -0.3 is 10.1 Å². The Balaban J connectivity index is 2.16. The molecule has 1 fully saturated rings. The van der Waals surface area contributed by atoms with Crippen LogP contribution in [0, 0.1) is 5.92 Å². The fourth-order valence-electron chi connectivity index (χ4n) is 3.34. The Morgan fingerprint density at radius 2 is 1.72 bits per heavy atom. The SMILES string of the molecule is CN(C(=O)OC(C)(C)C)[C@@H](C(=O)Nc1ccccc1)C1CCCCC1. The first-order valence-corrected chi connectivity index (χ1v) is 9.09. The number of hydrogen-bond acceptors (Lipinski definition) is 3. The van der Waals surface area contributed by atoms with Crippen LogP contribution < -0.4 is 5.32 Å². The van der Waals surface area contributed by atoms with Crippen molar-refractivity contribution in [2.75, 3.05) is 12.4 Å². The van der Waals surface area contributed by atoms with Crippen LogP contribution in [0.2, 0.25) is 0 Å². The molecule has 138 valence electrons. The topological polar surface area (TPSA) is 58.6 Å². The molecule has 5 heteroatoms. The van der Waals surface area contributed by atoms with E-state index in [2.05, 4.69) is 5.32 Å². The van der Waals surface area contributed by atoms with E-state index < -0.39 is 17.7 Å². The molecule has 0 aromatic heterocycles. The summed E-state index contributed by atoms with van der Waals surface area (Å²) >= 11 is 0. The van der Waals surface area contributed by atoms with Gasteiger partial charge in [-0.1, -0.05) is 37.5 Å². The summed E-state index contributed by atoms with van der Waals surface area (Å²) in [5.74, 6) is 0.0152. The fourth-order valence-corrected chi connectivity index (χ4v) is 3.34. The quantitative estimate of drug-likeness (QED) is 0.877. The van der Waals surface area contributed by atoms with Gasteiger partial charge in [-0.15, -0.1) is 0 Å². The van der Waals surface area contributed by atoms with Gasteiger partial charge in [0.05, 0.1) is 0 Å². The van der Waals surface area contributed by atoms with Crippen LogP contribution in [0.4, 0.5) is 10.5 Å². The van der Waals surface area contributed by atoms with E-state index in [1.165, 1.54) is 11.3 Å². The molecular formula is C20H30N2O3. The molecule has 25 heavy (non-hydrogen) atoms. The van der Waals surface area contributed by atoms with Gasteiger partial charge in [-0.3, -0.25) is 9.69 Å². The number of carbonyl (C=O) groups excluding carboxylic acids is 2. The summed E-state index contributed by atoms with van der Waals surface area (Å²) in [4.78, 5) is 27.0. The van der Waals surface area contributed by atoms with Gasteiger partial charge >= 0.3 is 6.09 Å². The van der Waals surface area contributed by atoms with E-state index in [0.29, 0.717) is 0 Å². The highest BCUT2D eigenvalue weighted by Gasteiger charge is 2.36. The Hall–Kier alpha value is -2.04. The van der Waals surface area contributed by atoms with Crippen molar-refractivity contribution in [1.82, 2.24) is 4.90 Å². The van der Waals surface area contributed by atoms with E-state index in [4.69, 9.17) is 4.74 Å². The second-order valence-electron chi connectivity index (χ2n) is 7.79. The minimum absolute atomic E-state index is 0.147. The van der Waals surface area contributed by atoms with Gasteiger partial charge in [0.2, 0.25) is 5.91 Å². The number of carbonyl (C=O) groups is 2. The third-order valence-electron chi connectivity index (χ3n) is 4.51. The number of para-hydroxylation sites is 1. The number of anilines is 1. The third kappa shape index (κ3) is 5.76. The Kier molecular flexibility index (Phi) is 6.45. The molecule has 0 spiro atoms. The highest BCUT2D eigenvalue weighted by molar-refractivity contribution is 5.96. The van der Waals surface area contributed by atoms with Crippen LogP contribution >= 0.6 is 0 Å². The van der Waals surface area contributed by atoms with E-state index >= 15 is 0 Å². The second-order valence-corrected chi connectivity index (χ2v) is 7.79. The third-order valence-corrected chi connectivity index (χ3v) is 4.51. The van der Waals surface area contributed by atoms with Gasteiger partial charge in [0.1, 0.15) is 11.6 Å². The maximum Gasteiger partial charge on any atom is 0.410 e. The molecule has 1 N–H and O–H groups in total. The average Bonchev–Trinajstić information content (AvgIpc) is 2.55. The number of benzene rings is 1. The molecule has 1 aromatic rings. The van der Waals surface area contributed by atoms with Crippen LogP contribution in [0.5, 0.6) is 0 Å². The van der Waals surface area contributed by atoms with Gasteiger partial charge in [0.25, 0.3) is 0 Å². The molecular weight excluding hydrogens is 316 g/mol. The van der Waals surface area contributed by atoms with Crippen LogP contribution in [-0.4, -0.2) is 35.6 Å². The molecule has 0 radical (unpaired) electrons. The maximum atomic E-state index is 13.0. The van der Waals surface area contributed by atoms with Crippen molar-refractivity contribution < 1.29 is 14.3 Å². The van der Waals surface area contributed by atoms with E-state index in [9.17, 15) is 9.59 Å². The van der Waals surface area contributed by atoms with Gasteiger partial charge in [0.15, 0.2) is 0 Å². The number of nitrogens with one attached hydrogen (secondary N) is 1. The molecule has 0 unspecified atom stereocenters. The van der Waals surface area contributed by atoms with Crippen LogP contribution in [0.15, 0.2) is 30.3 Å². The number of amides is 2. The number of ether oxygens (including phenoxy) is 1. The van der Waals surface area contributed by atoms with E-state index in [0.717, 1.165) is 31.4 Å². The summed E-state index contributed by atoms with van der Waals surface area (Å²) in [6, 6.07) is 8.84. The summed E-state index contributed by atoms with van der Waals surface area (Å²) in [6.45, 7) is 5.50. The highest BCUT2D eigenvalue weighted by Crippen LogP contribution is 2.30. The van der Waals surface area contributed by atoms with Gasteiger partial charge in [-0.2, -0.15) is 0 Å². The van der Waals surface area contributed by atoms with E-state index in [1.807, 2.05) is 51.1 Å². The van der Waals surface area contributed by atoms with Crippen molar-refractivity contribution >= 4 is 17.7 Å². The smallest absolute Gasteiger partial charge is 0.410 e. The van der Waals surface area contributed by atoms with Crippen molar-refractivity contribution in [1.29, 1.82) is 0 Å². The lowest BCUT2D eigenvalue weighted by Gasteiger charge is -2.36. The van der Waals surface area contributed by atoms with Gasteiger partial charge in [-0.05, 0) is 51.7 Å². The monoisotopic (exact) mass is 346 g/mol. The van der Waals surface area contributed by atoms with Crippen LogP contribution in [0.1, 0.15) is 52.9 Å². The Morgan fingerprint density at radius 3 is 2.28 bits per heavy atom. The highest BCUT2D eigenvalue weighted by atomic mass is 16.6. The van der Waals surface area contributed by atoms with Gasteiger partial charge in [0, 0.05) is 12.7 Å². The van der Waals surface area contributed by atoms with Crippen LogP contribution in [0.25, 0.3) is 0 Å². The molecule has 1 aliphatic rings. The summed E-state index contributed by atoms with van der Waals surface area (Å²) in [5, 5.41) is 2.95. The molecule has 1 saturated carbocycles. The van der Waals surface area contributed by atoms with Crippen LogP contribution in [-0.2, 0) is 9.53 Å². The molecule has 1 atom stereocenters. The average molecular weight is 346 g/mol. The van der Waals surface area contributed by atoms with Crippen molar-refractivity contribution in [3.05, 3.63) is 30.3 Å². The molecule has 2 amide bonds. The minimum atomic E-state index is -0.585. The zero-order chi connectivity index (χ0) is 18.4. The normalized spacial score (nSPS) is 16.8. The summed E-state index contributed by atoms with van der Waals surface area (Å²) in [5.41, 5.74) is 0.157. The minimum Gasteiger partial charge on any atom is -0.444 e. The summed E-state index contributed by atoms with van der Waals surface area (Å²) in [7, 11) is 1.66. The van der Waals surface area contributed by atoms with Crippen molar-refractivity contribution in [3.63, 3.8) is 0 Å². The number of likely N-dealkylation sites (N-methyl/N-ethyl adjacent to an activating group) is 1. The fraction of sp³-hybridized carbons (Fsp3) is 0.600. The number of nitrogens with zero attached hydrogens (tertiary/aromatic N) is 1. The van der Waals surface area contributed by atoms with E-state index in [-0.39, 0.29) is 11.8 Å². The zero-order valence-corrected chi connectivity index (χ0v) is 15.7. The first-order chi connectivity index (χ1) is 11.8. The number of rotatable bonds is 4. The van der Waals surface area contributed by atoms with Crippen molar-refractivity contribution in [3.8, 4) is 0 Å². The van der Waals surface area contributed by atoms with Crippen LogP contribution in [0.3, 0.4) is 0 Å². The molecule has 1 aromatic carbocycles. The molecule has 5 nitrogen and oxygen atoms in total. The predicted molar refractivity (Wildman–Crippen MR) is 99.4 cm³/mol. The first kappa shape index (κ1) is 19.3. The maximum absolute atomic E-state index is 13.0. The Bertz CT molecular complexity index is 574. The molecule has 0 aliphatic heterocycles. The lowest BCUT2D eigenvalue weighted by atomic mass is 9.83. The predicted octanol–water partition coefficient (Wildman–Crippen LogP) is 4.44. The van der Waals surface area contributed by atoms with Crippen molar-refractivity contribution in [2.45, 2.75) is 64.5 Å². The number of hydrogen-bond donors (Lipinski definition) is 1. The molecule has 1 aliphatic carbocycles. The largest absolute Gasteiger partial charge is 0.444 e. The molecule has 2 rings (SSSR count). The summed E-state index contributed by atoms with van der Waals surface area (Å²) < 4.78 is 5.48. The standard InChI is InChI=1S/C20H30N2O3/c1-20(2,3)25-19(24)22(4)17(15-11-7-5-8-12-15)18(23)21-16-13-9-6-10-14-16/h6,9-10,13-15,17H,5,7-8,11-12H2,1-4H3,(H,21,23)/t17-/m1/s1. The molecule has 0 saturated heterocycles. The van der Waals surface area contributed by atoms with Crippen molar-refractivity contribution in [2.24, 2.45) is 5.92 Å². The Morgan fingerprint density at radius 1 is 1.12 bits per heavy atom. The van der Waals surface area contributed by atoms with E-state index in [1.54, 1.807) is 7.05 Å². The first-order valence-electron chi connectivity index (χ1n) is 9.09. The summed E-state index contributed by atoms with van der Waals surface area (Å²) in [6.07, 6.45) is 4.86. The van der Waals surface area contributed by atoms with Gasteiger partial charge in [-0.25, -0.2) is 4.79 Å². The molecule has 0 bridgehead atoms. The Labute approximate surface area is 150 Å². The second kappa shape index (κ2) is 8.37. The lowest BCUT2D eigenvalue weighted by Crippen LogP contribution is -2.51. The lowest BCUT2D eigenvalue weighted by molar-refractivity contribution is -0.123. The molecule has 0 heterocycles. The zero-order valence-electron chi connectivity index (χ0n) is 15.7.